The Hall–Kier alpha value is -3.00. The predicted octanol–water partition coefficient (Wildman–Crippen LogP) is 4.53. The first-order valence-corrected chi connectivity index (χ1v) is 9.62. The molecular weight excluding hydrogens is 362 g/mol. The molecule has 138 valence electrons. The van der Waals surface area contributed by atoms with Gasteiger partial charge in [0, 0.05) is 10.9 Å². The molecule has 8 heteroatoms. The van der Waals surface area contributed by atoms with Crippen molar-refractivity contribution in [3.63, 3.8) is 0 Å². The Kier molecular flexibility index (Phi) is 4.72. The molecule has 3 aromatic rings. The van der Waals surface area contributed by atoms with Crippen LogP contribution in [-0.2, 0) is 0 Å². The van der Waals surface area contributed by atoms with E-state index in [-0.39, 0.29) is 23.6 Å². The zero-order chi connectivity index (χ0) is 18.8. The zero-order valence-corrected chi connectivity index (χ0v) is 15.6. The van der Waals surface area contributed by atoms with Crippen molar-refractivity contribution < 1.29 is 4.92 Å². The number of nitro groups is 1. The third kappa shape index (κ3) is 4.06. The Labute approximate surface area is 160 Å². The van der Waals surface area contributed by atoms with Crippen LogP contribution < -0.4 is 10.6 Å². The van der Waals surface area contributed by atoms with Crippen LogP contribution in [0.25, 0.3) is 0 Å². The van der Waals surface area contributed by atoms with Crippen molar-refractivity contribution in [1.82, 2.24) is 9.97 Å². The van der Waals surface area contributed by atoms with Gasteiger partial charge in [-0.05, 0) is 36.8 Å². The fraction of sp³-hybridized carbons (Fsp3) is 0.263. The summed E-state index contributed by atoms with van der Waals surface area (Å²) in [4.78, 5) is 20.5. The number of benzene rings is 1. The van der Waals surface area contributed by atoms with Crippen LogP contribution in [0.5, 0.6) is 0 Å². The van der Waals surface area contributed by atoms with Gasteiger partial charge in [0.25, 0.3) is 0 Å². The van der Waals surface area contributed by atoms with E-state index in [1.165, 1.54) is 11.8 Å². The van der Waals surface area contributed by atoms with Gasteiger partial charge in [-0.15, -0.1) is 11.3 Å². The highest BCUT2D eigenvalue weighted by Gasteiger charge is 2.27. The van der Waals surface area contributed by atoms with Crippen LogP contribution in [0.1, 0.15) is 34.9 Å². The van der Waals surface area contributed by atoms with Gasteiger partial charge in [0.1, 0.15) is 6.20 Å². The number of hydrogen-bond acceptors (Lipinski definition) is 7. The minimum absolute atomic E-state index is 0.101. The molecule has 2 N–H and O–H groups in total. The molecule has 2 heterocycles. The second kappa shape index (κ2) is 7.32. The lowest BCUT2D eigenvalue weighted by molar-refractivity contribution is -0.384. The molecule has 2 aromatic heterocycles. The van der Waals surface area contributed by atoms with E-state index < -0.39 is 4.92 Å². The van der Waals surface area contributed by atoms with Crippen molar-refractivity contribution in [3.8, 4) is 0 Å². The number of anilines is 2. The van der Waals surface area contributed by atoms with Crippen LogP contribution in [-0.4, -0.2) is 20.9 Å². The highest BCUT2D eigenvalue weighted by atomic mass is 32.1. The molecule has 4 rings (SSSR count). The monoisotopic (exact) mass is 381 g/mol. The average Bonchev–Trinajstić information content (AvgIpc) is 3.30. The summed E-state index contributed by atoms with van der Waals surface area (Å²) in [6, 6.07) is 12.5. The van der Waals surface area contributed by atoms with Gasteiger partial charge >= 0.3 is 5.69 Å². The molecule has 0 spiro atoms. The van der Waals surface area contributed by atoms with Crippen LogP contribution in [0.2, 0.25) is 0 Å². The Morgan fingerprint density at radius 2 is 2.04 bits per heavy atom. The van der Waals surface area contributed by atoms with Crippen LogP contribution in [0.3, 0.4) is 0 Å². The lowest BCUT2D eigenvalue weighted by atomic mass is 10.0. The zero-order valence-electron chi connectivity index (χ0n) is 14.8. The minimum atomic E-state index is -0.453. The minimum Gasteiger partial charge on any atom is -0.361 e. The van der Waals surface area contributed by atoms with E-state index in [2.05, 4.69) is 50.9 Å². The number of nitrogens with one attached hydrogen (secondary N) is 2. The van der Waals surface area contributed by atoms with E-state index in [1.807, 2.05) is 18.4 Å². The standard InChI is InChI=1S/C19H19N5O2S/c1-12-4-6-13(7-5-12)17(16-3-2-10-27-16)22-19-20-11-15(24(25)26)18(23-19)21-14-8-9-14/h2-7,10-11,14,17H,8-9H2,1H3,(H2,20,21,22,23). The number of rotatable bonds is 7. The molecule has 1 saturated carbocycles. The molecule has 7 nitrogen and oxygen atoms in total. The number of aryl methyl sites for hydroxylation is 1. The summed E-state index contributed by atoms with van der Waals surface area (Å²) in [5.41, 5.74) is 2.17. The Morgan fingerprint density at radius 3 is 2.67 bits per heavy atom. The summed E-state index contributed by atoms with van der Waals surface area (Å²) in [6.45, 7) is 2.05. The summed E-state index contributed by atoms with van der Waals surface area (Å²) in [5.74, 6) is 0.636. The fourth-order valence-electron chi connectivity index (χ4n) is 2.77. The third-order valence-corrected chi connectivity index (χ3v) is 5.33. The van der Waals surface area contributed by atoms with Gasteiger partial charge < -0.3 is 10.6 Å². The first kappa shape index (κ1) is 17.4. The third-order valence-electron chi connectivity index (χ3n) is 4.40. The maximum atomic E-state index is 11.3. The topological polar surface area (TPSA) is 93.0 Å². The highest BCUT2D eigenvalue weighted by molar-refractivity contribution is 7.10. The van der Waals surface area contributed by atoms with Crippen molar-refractivity contribution in [2.45, 2.75) is 31.8 Å². The van der Waals surface area contributed by atoms with Crippen molar-refractivity contribution >= 4 is 28.8 Å². The van der Waals surface area contributed by atoms with Crippen molar-refractivity contribution in [1.29, 1.82) is 0 Å². The summed E-state index contributed by atoms with van der Waals surface area (Å²) in [6.07, 6.45) is 3.27. The molecular formula is C19H19N5O2S. The van der Waals surface area contributed by atoms with Gasteiger partial charge in [-0.1, -0.05) is 35.9 Å². The van der Waals surface area contributed by atoms with Gasteiger partial charge in [-0.25, -0.2) is 4.98 Å². The first-order valence-electron chi connectivity index (χ1n) is 8.74. The van der Waals surface area contributed by atoms with Crippen LogP contribution >= 0.6 is 11.3 Å². The molecule has 1 unspecified atom stereocenters. The molecule has 1 atom stereocenters. The van der Waals surface area contributed by atoms with Gasteiger partial charge in [0.05, 0.1) is 11.0 Å². The fourth-order valence-corrected chi connectivity index (χ4v) is 3.57. The predicted molar refractivity (Wildman–Crippen MR) is 106 cm³/mol. The van der Waals surface area contributed by atoms with Gasteiger partial charge in [-0.2, -0.15) is 4.98 Å². The van der Waals surface area contributed by atoms with E-state index in [4.69, 9.17) is 0 Å². The maximum Gasteiger partial charge on any atom is 0.329 e. The number of hydrogen-bond donors (Lipinski definition) is 2. The summed E-state index contributed by atoms with van der Waals surface area (Å²) in [7, 11) is 0. The van der Waals surface area contributed by atoms with Gasteiger partial charge in [0.15, 0.2) is 0 Å². The molecule has 0 saturated heterocycles. The largest absolute Gasteiger partial charge is 0.361 e. The molecule has 1 aliphatic carbocycles. The molecule has 0 aliphatic heterocycles. The second-order valence-electron chi connectivity index (χ2n) is 6.61. The summed E-state index contributed by atoms with van der Waals surface area (Å²) in [5, 5.41) is 19.8. The van der Waals surface area contributed by atoms with Crippen molar-refractivity contribution in [3.05, 3.63) is 74.1 Å². The van der Waals surface area contributed by atoms with E-state index in [1.54, 1.807) is 11.3 Å². The smallest absolute Gasteiger partial charge is 0.329 e. The highest BCUT2D eigenvalue weighted by Crippen LogP contribution is 2.32. The molecule has 27 heavy (non-hydrogen) atoms. The lowest BCUT2D eigenvalue weighted by Crippen LogP contribution is -2.15. The number of aromatic nitrogens is 2. The quantitative estimate of drug-likeness (QED) is 0.461. The van der Waals surface area contributed by atoms with E-state index in [9.17, 15) is 10.1 Å². The normalized spacial score (nSPS) is 14.6. The Bertz CT molecular complexity index is 939. The molecule has 0 amide bonds. The average molecular weight is 381 g/mol. The SMILES string of the molecule is Cc1ccc(C(Nc2ncc([N+](=O)[O-])c(NC3CC3)n2)c2cccs2)cc1. The van der Waals surface area contributed by atoms with Gasteiger partial charge in [-0.3, -0.25) is 10.1 Å². The second-order valence-corrected chi connectivity index (χ2v) is 7.59. The lowest BCUT2D eigenvalue weighted by Gasteiger charge is -2.18. The molecule has 0 radical (unpaired) electrons. The van der Waals surface area contributed by atoms with E-state index in [0.29, 0.717) is 5.95 Å². The Balaban J connectivity index is 1.66. The summed E-state index contributed by atoms with van der Waals surface area (Å²) < 4.78 is 0. The van der Waals surface area contributed by atoms with Crippen molar-refractivity contribution in [2.24, 2.45) is 0 Å². The molecule has 1 fully saturated rings. The molecule has 1 aromatic carbocycles. The van der Waals surface area contributed by atoms with Gasteiger partial charge in [0.2, 0.25) is 11.8 Å². The number of nitrogens with zero attached hydrogens (tertiary/aromatic N) is 3. The van der Waals surface area contributed by atoms with Crippen LogP contribution in [0.4, 0.5) is 17.5 Å². The van der Waals surface area contributed by atoms with Crippen molar-refractivity contribution in [2.75, 3.05) is 10.6 Å². The van der Waals surface area contributed by atoms with E-state index >= 15 is 0 Å². The Morgan fingerprint density at radius 1 is 1.26 bits per heavy atom. The first-order chi connectivity index (χ1) is 13.1. The molecule has 1 aliphatic rings. The summed E-state index contributed by atoms with van der Waals surface area (Å²) >= 11 is 1.64. The van der Waals surface area contributed by atoms with E-state index in [0.717, 1.165) is 23.3 Å². The number of thiophene rings is 1. The molecule has 0 bridgehead atoms. The van der Waals surface area contributed by atoms with Crippen LogP contribution in [0.15, 0.2) is 48.0 Å². The van der Waals surface area contributed by atoms with Crippen LogP contribution in [0, 0.1) is 17.0 Å². The maximum absolute atomic E-state index is 11.3.